The van der Waals surface area contributed by atoms with Crippen LogP contribution in [0.15, 0.2) is 73.1 Å². The number of rotatable bonds is 6. The van der Waals surface area contributed by atoms with E-state index in [0.717, 1.165) is 21.8 Å². The molecule has 5 nitrogen and oxygen atoms in total. The Balaban J connectivity index is 1.44. The monoisotopic (exact) mass is 402 g/mol. The molecule has 2 aromatic heterocycles. The van der Waals surface area contributed by atoms with Gasteiger partial charge in [-0.1, -0.05) is 60.7 Å². The van der Waals surface area contributed by atoms with Gasteiger partial charge >= 0.3 is 0 Å². The van der Waals surface area contributed by atoms with E-state index in [1.54, 1.807) is 4.90 Å². The largest absolute Gasteiger partial charge is 0.337 e. The molecule has 2 heterocycles. The second-order valence-corrected chi connectivity index (χ2v) is 7.99. The van der Waals surface area contributed by atoms with Gasteiger partial charge in [-0.15, -0.1) is 11.3 Å². The predicted octanol–water partition coefficient (Wildman–Crippen LogP) is 4.64. The third kappa shape index (κ3) is 4.43. The maximum atomic E-state index is 13.0. The van der Waals surface area contributed by atoms with Crippen molar-refractivity contribution < 1.29 is 4.79 Å². The van der Waals surface area contributed by atoms with E-state index in [0.29, 0.717) is 18.0 Å². The van der Waals surface area contributed by atoms with Crippen LogP contribution in [0.5, 0.6) is 0 Å². The third-order valence-corrected chi connectivity index (χ3v) is 5.85. The minimum atomic E-state index is -0.0157. The summed E-state index contributed by atoms with van der Waals surface area (Å²) in [6.45, 7) is 3.11. The summed E-state index contributed by atoms with van der Waals surface area (Å²) in [4.78, 5) is 20.0. The molecular formula is C23H22N4OS. The molecule has 0 aliphatic carbocycles. The van der Waals surface area contributed by atoms with Gasteiger partial charge in [-0.2, -0.15) is 5.10 Å². The van der Waals surface area contributed by atoms with E-state index in [1.165, 1.54) is 16.9 Å². The summed E-state index contributed by atoms with van der Waals surface area (Å²) in [7, 11) is 1.82. The number of carbonyl (C=O) groups is 1. The highest BCUT2D eigenvalue weighted by atomic mass is 32.1. The zero-order valence-corrected chi connectivity index (χ0v) is 17.3. The van der Waals surface area contributed by atoms with Gasteiger partial charge in [-0.3, -0.25) is 9.48 Å². The molecule has 0 saturated heterocycles. The lowest BCUT2D eigenvalue weighted by Crippen LogP contribution is -2.25. The molecule has 0 radical (unpaired) electrons. The molecule has 1 amide bonds. The molecule has 0 aliphatic heterocycles. The first-order valence-corrected chi connectivity index (χ1v) is 10.3. The van der Waals surface area contributed by atoms with Gasteiger partial charge in [0.25, 0.3) is 5.91 Å². The zero-order valence-electron chi connectivity index (χ0n) is 16.4. The summed E-state index contributed by atoms with van der Waals surface area (Å²) in [6.07, 6.45) is 3.81. The Kier molecular flexibility index (Phi) is 5.53. The maximum Gasteiger partial charge on any atom is 0.265 e. The molecule has 4 aromatic rings. The van der Waals surface area contributed by atoms with Gasteiger partial charge in [0, 0.05) is 30.9 Å². The maximum absolute atomic E-state index is 13.0. The van der Waals surface area contributed by atoms with Crippen molar-refractivity contribution in [2.24, 2.45) is 0 Å². The second kappa shape index (κ2) is 8.41. The number of hydrogen-bond acceptors (Lipinski definition) is 4. The first kappa shape index (κ1) is 19.1. The number of benzene rings is 2. The van der Waals surface area contributed by atoms with Crippen LogP contribution in [0.3, 0.4) is 0 Å². The Bertz CT molecular complexity index is 1100. The Labute approximate surface area is 174 Å². The molecule has 0 aliphatic rings. The molecule has 29 heavy (non-hydrogen) atoms. The van der Waals surface area contributed by atoms with Crippen LogP contribution in [0.1, 0.15) is 26.5 Å². The molecule has 0 spiro atoms. The summed E-state index contributed by atoms with van der Waals surface area (Å²) in [5.74, 6) is -0.0157. The van der Waals surface area contributed by atoms with Gasteiger partial charge in [0.2, 0.25) is 0 Å². The van der Waals surface area contributed by atoms with Gasteiger partial charge in [0.15, 0.2) is 0 Å². The topological polar surface area (TPSA) is 51.0 Å². The second-order valence-electron chi connectivity index (χ2n) is 6.99. The molecule has 0 bridgehead atoms. The zero-order chi connectivity index (χ0) is 20.2. The summed E-state index contributed by atoms with van der Waals surface area (Å²) < 4.78 is 1.90. The molecule has 146 valence electrons. The van der Waals surface area contributed by atoms with E-state index in [-0.39, 0.29) is 5.91 Å². The lowest BCUT2D eigenvalue weighted by atomic mass is 10.2. The van der Waals surface area contributed by atoms with Crippen molar-refractivity contribution in [2.75, 3.05) is 7.05 Å². The summed E-state index contributed by atoms with van der Waals surface area (Å²) in [5.41, 5.74) is 4.00. The molecule has 6 heteroatoms. The number of aromatic nitrogens is 3. The van der Waals surface area contributed by atoms with Gasteiger partial charge in [-0.05, 0) is 12.5 Å². The SMILES string of the molecule is Cc1nc(-c2ccccc2)sc1C(=O)N(C)Cc1cnn(Cc2ccccc2)c1. The molecule has 0 N–H and O–H groups in total. The number of thiazole rings is 1. The van der Waals surface area contributed by atoms with E-state index in [1.807, 2.05) is 79.6 Å². The molecule has 0 fully saturated rings. The highest BCUT2D eigenvalue weighted by molar-refractivity contribution is 7.17. The first-order chi connectivity index (χ1) is 14.1. The first-order valence-electron chi connectivity index (χ1n) is 9.44. The summed E-state index contributed by atoms with van der Waals surface area (Å²) in [6, 6.07) is 20.2. The van der Waals surface area contributed by atoms with Crippen LogP contribution in [-0.2, 0) is 13.1 Å². The average molecular weight is 403 g/mol. The fraction of sp³-hybridized carbons (Fsp3) is 0.174. The van der Waals surface area contributed by atoms with E-state index in [2.05, 4.69) is 22.2 Å². The smallest absolute Gasteiger partial charge is 0.265 e. The van der Waals surface area contributed by atoms with Gasteiger partial charge in [0.05, 0.1) is 18.4 Å². The molecule has 0 saturated carbocycles. The van der Waals surface area contributed by atoms with Crippen molar-refractivity contribution in [3.8, 4) is 10.6 Å². The van der Waals surface area contributed by atoms with Crippen LogP contribution >= 0.6 is 11.3 Å². The minimum absolute atomic E-state index is 0.0157. The third-order valence-electron chi connectivity index (χ3n) is 4.65. The number of amides is 1. The number of nitrogens with zero attached hydrogens (tertiary/aromatic N) is 4. The highest BCUT2D eigenvalue weighted by Crippen LogP contribution is 2.28. The van der Waals surface area contributed by atoms with Crippen molar-refractivity contribution in [3.05, 3.63) is 94.8 Å². The van der Waals surface area contributed by atoms with Gasteiger partial charge in [0.1, 0.15) is 9.88 Å². The number of carbonyl (C=O) groups excluding carboxylic acids is 1. The van der Waals surface area contributed by atoms with Crippen LogP contribution in [0.25, 0.3) is 10.6 Å². The van der Waals surface area contributed by atoms with Crippen molar-refractivity contribution >= 4 is 17.2 Å². The molecule has 2 aromatic carbocycles. The van der Waals surface area contributed by atoms with Crippen LogP contribution in [0.4, 0.5) is 0 Å². The molecule has 0 unspecified atom stereocenters. The van der Waals surface area contributed by atoms with Crippen LogP contribution in [-0.4, -0.2) is 32.6 Å². The van der Waals surface area contributed by atoms with Crippen LogP contribution in [0.2, 0.25) is 0 Å². The van der Waals surface area contributed by atoms with Gasteiger partial charge < -0.3 is 4.90 Å². The Hall–Kier alpha value is -3.25. The summed E-state index contributed by atoms with van der Waals surface area (Å²) in [5, 5.41) is 5.30. The Morgan fingerprint density at radius 1 is 1.03 bits per heavy atom. The lowest BCUT2D eigenvalue weighted by molar-refractivity contribution is 0.0789. The summed E-state index contributed by atoms with van der Waals surface area (Å²) >= 11 is 1.44. The quantitative estimate of drug-likeness (QED) is 0.472. The van der Waals surface area contributed by atoms with Crippen molar-refractivity contribution in [2.45, 2.75) is 20.0 Å². The highest BCUT2D eigenvalue weighted by Gasteiger charge is 2.20. The van der Waals surface area contributed by atoms with Crippen molar-refractivity contribution in [3.63, 3.8) is 0 Å². The standard InChI is InChI=1S/C23H22N4OS/c1-17-21(29-22(25-17)20-11-7-4-8-12-20)23(28)26(2)14-19-13-24-27(16-19)15-18-9-5-3-6-10-18/h3-13,16H,14-15H2,1-2H3. The van der Waals surface area contributed by atoms with Gasteiger partial charge in [-0.25, -0.2) is 4.98 Å². The normalized spacial score (nSPS) is 10.8. The Morgan fingerprint density at radius 2 is 1.72 bits per heavy atom. The number of aryl methyl sites for hydroxylation is 1. The minimum Gasteiger partial charge on any atom is -0.337 e. The van der Waals surface area contributed by atoms with Crippen LogP contribution < -0.4 is 0 Å². The molecular weight excluding hydrogens is 380 g/mol. The fourth-order valence-electron chi connectivity index (χ4n) is 3.16. The average Bonchev–Trinajstić information content (AvgIpc) is 3.35. The van der Waals surface area contributed by atoms with E-state index >= 15 is 0 Å². The molecule has 0 atom stereocenters. The van der Waals surface area contributed by atoms with E-state index in [4.69, 9.17) is 0 Å². The van der Waals surface area contributed by atoms with Crippen molar-refractivity contribution in [1.29, 1.82) is 0 Å². The Morgan fingerprint density at radius 3 is 2.45 bits per heavy atom. The lowest BCUT2D eigenvalue weighted by Gasteiger charge is -2.15. The van der Waals surface area contributed by atoms with Crippen molar-refractivity contribution in [1.82, 2.24) is 19.7 Å². The number of hydrogen-bond donors (Lipinski definition) is 0. The fourth-order valence-corrected chi connectivity index (χ4v) is 4.23. The van der Waals surface area contributed by atoms with Crippen LogP contribution in [0, 0.1) is 6.92 Å². The molecule has 4 rings (SSSR count). The predicted molar refractivity (Wildman–Crippen MR) is 116 cm³/mol. The van der Waals surface area contributed by atoms with E-state index in [9.17, 15) is 4.79 Å². The van der Waals surface area contributed by atoms with E-state index < -0.39 is 0 Å².